The summed E-state index contributed by atoms with van der Waals surface area (Å²) >= 11 is 1.24. The molecule has 0 aliphatic carbocycles. The molecule has 0 aliphatic heterocycles. The van der Waals surface area contributed by atoms with Crippen LogP contribution < -0.4 is 11.1 Å². The lowest BCUT2D eigenvalue weighted by Gasteiger charge is -2.03. The number of nitriles is 1. The van der Waals surface area contributed by atoms with E-state index >= 15 is 0 Å². The third-order valence-corrected chi connectivity index (χ3v) is 3.57. The molecule has 6 heteroatoms. The fourth-order valence-corrected chi connectivity index (χ4v) is 2.53. The largest absolute Gasteiger partial charge is 0.396 e. The molecule has 0 aromatic carbocycles. The Balaban J connectivity index is 2.85. The SMILES string of the molecule is CCOCCNc1sc(C(=O)CC)c(N)c1C#N. The molecule has 98 valence electrons. The van der Waals surface area contributed by atoms with Crippen molar-refractivity contribution in [2.75, 3.05) is 30.8 Å². The number of nitrogen functional groups attached to an aromatic ring is 1. The van der Waals surface area contributed by atoms with Gasteiger partial charge in [-0.1, -0.05) is 6.92 Å². The fraction of sp³-hybridized carbons (Fsp3) is 0.500. The highest BCUT2D eigenvalue weighted by molar-refractivity contribution is 7.19. The van der Waals surface area contributed by atoms with Crippen molar-refractivity contribution in [1.82, 2.24) is 0 Å². The van der Waals surface area contributed by atoms with Crippen LogP contribution in [0.2, 0.25) is 0 Å². The van der Waals surface area contributed by atoms with Gasteiger partial charge in [-0.15, -0.1) is 11.3 Å². The first-order chi connectivity index (χ1) is 8.65. The molecule has 0 unspecified atom stereocenters. The summed E-state index contributed by atoms with van der Waals surface area (Å²) in [6, 6.07) is 2.03. The van der Waals surface area contributed by atoms with Gasteiger partial charge in [0, 0.05) is 19.6 Å². The lowest BCUT2D eigenvalue weighted by molar-refractivity contribution is 0.0993. The first-order valence-electron chi connectivity index (χ1n) is 5.82. The average Bonchev–Trinajstić information content (AvgIpc) is 2.70. The molecular weight excluding hydrogens is 250 g/mol. The van der Waals surface area contributed by atoms with Crippen molar-refractivity contribution in [1.29, 1.82) is 5.26 Å². The Morgan fingerprint density at radius 3 is 2.83 bits per heavy atom. The van der Waals surface area contributed by atoms with Gasteiger partial charge in [-0.3, -0.25) is 4.79 Å². The van der Waals surface area contributed by atoms with Gasteiger partial charge in [0.2, 0.25) is 0 Å². The van der Waals surface area contributed by atoms with Crippen LogP contribution in [0, 0.1) is 11.3 Å². The van der Waals surface area contributed by atoms with Gasteiger partial charge in [0.05, 0.1) is 17.2 Å². The molecule has 0 atom stereocenters. The van der Waals surface area contributed by atoms with E-state index in [2.05, 4.69) is 5.32 Å². The van der Waals surface area contributed by atoms with Crippen LogP contribution in [-0.4, -0.2) is 25.5 Å². The lowest BCUT2D eigenvalue weighted by atomic mass is 10.2. The van der Waals surface area contributed by atoms with Crippen molar-refractivity contribution in [3.05, 3.63) is 10.4 Å². The van der Waals surface area contributed by atoms with Gasteiger partial charge < -0.3 is 15.8 Å². The van der Waals surface area contributed by atoms with Gasteiger partial charge in [-0.05, 0) is 6.92 Å². The number of nitrogens with two attached hydrogens (primary N) is 1. The van der Waals surface area contributed by atoms with Gasteiger partial charge in [0.25, 0.3) is 0 Å². The highest BCUT2D eigenvalue weighted by Crippen LogP contribution is 2.35. The van der Waals surface area contributed by atoms with E-state index in [9.17, 15) is 4.79 Å². The Bertz CT molecular complexity index is 463. The maximum atomic E-state index is 11.7. The van der Waals surface area contributed by atoms with Crippen LogP contribution in [-0.2, 0) is 4.74 Å². The smallest absolute Gasteiger partial charge is 0.174 e. The normalized spacial score (nSPS) is 10.1. The predicted octanol–water partition coefficient (Wildman–Crippen LogP) is 2.24. The average molecular weight is 267 g/mol. The maximum absolute atomic E-state index is 11.7. The Hall–Kier alpha value is -1.58. The molecule has 1 heterocycles. The van der Waals surface area contributed by atoms with Crippen molar-refractivity contribution >= 4 is 27.8 Å². The van der Waals surface area contributed by atoms with Crippen LogP contribution >= 0.6 is 11.3 Å². The second-order valence-corrected chi connectivity index (χ2v) is 4.58. The van der Waals surface area contributed by atoms with Gasteiger partial charge in [0.1, 0.15) is 16.6 Å². The summed E-state index contributed by atoms with van der Waals surface area (Å²) < 4.78 is 5.20. The first-order valence-corrected chi connectivity index (χ1v) is 6.64. The van der Waals surface area contributed by atoms with E-state index in [4.69, 9.17) is 15.7 Å². The molecule has 5 nitrogen and oxygen atoms in total. The molecule has 0 bridgehead atoms. The van der Waals surface area contributed by atoms with E-state index in [1.165, 1.54) is 11.3 Å². The molecule has 0 saturated heterocycles. The van der Waals surface area contributed by atoms with Crippen LogP contribution in [0.4, 0.5) is 10.7 Å². The molecule has 18 heavy (non-hydrogen) atoms. The minimum atomic E-state index is -0.0353. The second kappa shape index (κ2) is 6.99. The van der Waals surface area contributed by atoms with E-state index in [-0.39, 0.29) is 11.5 Å². The number of ether oxygens (including phenoxy) is 1. The summed E-state index contributed by atoms with van der Waals surface area (Å²) in [6.45, 7) is 5.48. The van der Waals surface area contributed by atoms with Crippen LogP contribution in [0.15, 0.2) is 0 Å². The van der Waals surface area contributed by atoms with Crippen molar-refractivity contribution in [2.45, 2.75) is 20.3 Å². The van der Waals surface area contributed by atoms with E-state index in [1.807, 2.05) is 13.0 Å². The van der Waals surface area contributed by atoms with E-state index in [1.54, 1.807) is 6.92 Å². The maximum Gasteiger partial charge on any atom is 0.174 e. The number of nitrogens with one attached hydrogen (secondary N) is 1. The molecule has 3 N–H and O–H groups in total. The number of hydrogen-bond acceptors (Lipinski definition) is 6. The highest BCUT2D eigenvalue weighted by atomic mass is 32.1. The summed E-state index contributed by atoms with van der Waals surface area (Å²) in [5.41, 5.74) is 6.46. The van der Waals surface area contributed by atoms with Crippen LogP contribution in [0.25, 0.3) is 0 Å². The molecule has 0 saturated carbocycles. The Morgan fingerprint density at radius 1 is 1.56 bits per heavy atom. The zero-order valence-corrected chi connectivity index (χ0v) is 11.4. The van der Waals surface area contributed by atoms with Crippen molar-refractivity contribution in [3.8, 4) is 6.07 Å². The zero-order valence-electron chi connectivity index (χ0n) is 10.6. The molecule has 0 fully saturated rings. The van der Waals surface area contributed by atoms with Crippen molar-refractivity contribution in [2.24, 2.45) is 0 Å². The predicted molar refractivity (Wildman–Crippen MR) is 73.1 cm³/mol. The van der Waals surface area contributed by atoms with E-state index in [0.29, 0.717) is 41.6 Å². The Kier molecular flexibility index (Phi) is 5.62. The van der Waals surface area contributed by atoms with Crippen molar-refractivity contribution in [3.63, 3.8) is 0 Å². The Labute approximate surface area is 111 Å². The number of Topliss-reactive ketones (excluding diaryl/α,β-unsaturated/α-hetero) is 1. The van der Waals surface area contributed by atoms with Gasteiger partial charge in [-0.25, -0.2) is 0 Å². The summed E-state index contributed by atoms with van der Waals surface area (Å²) in [7, 11) is 0. The Morgan fingerprint density at radius 2 is 2.28 bits per heavy atom. The summed E-state index contributed by atoms with van der Waals surface area (Å²) in [6.07, 6.45) is 0.383. The minimum Gasteiger partial charge on any atom is -0.396 e. The molecule has 0 aliphatic rings. The molecule has 0 amide bonds. The number of ketones is 1. The fourth-order valence-electron chi connectivity index (χ4n) is 1.43. The van der Waals surface area contributed by atoms with Crippen molar-refractivity contribution < 1.29 is 9.53 Å². The summed E-state index contributed by atoms with van der Waals surface area (Å²) in [5, 5.41) is 12.8. The first kappa shape index (κ1) is 14.5. The number of thiophene rings is 1. The molecule has 1 aromatic heterocycles. The van der Waals surface area contributed by atoms with E-state index in [0.717, 1.165) is 0 Å². The summed E-state index contributed by atoms with van der Waals surface area (Å²) in [5.74, 6) is -0.0353. The van der Waals surface area contributed by atoms with Gasteiger partial charge >= 0.3 is 0 Å². The number of carbonyl (C=O) groups excluding carboxylic acids is 1. The van der Waals surface area contributed by atoms with Crippen LogP contribution in [0.3, 0.4) is 0 Å². The number of carbonyl (C=O) groups is 1. The molecule has 0 spiro atoms. The molecular formula is C12H17N3O2S. The van der Waals surface area contributed by atoms with Gasteiger partial charge in [0.15, 0.2) is 5.78 Å². The van der Waals surface area contributed by atoms with Crippen LogP contribution in [0.5, 0.6) is 0 Å². The zero-order chi connectivity index (χ0) is 13.5. The van der Waals surface area contributed by atoms with E-state index < -0.39 is 0 Å². The van der Waals surface area contributed by atoms with Gasteiger partial charge in [-0.2, -0.15) is 5.26 Å². The highest BCUT2D eigenvalue weighted by Gasteiger charge is 2.19. The standard InChI is InChI=1S/C12H17N3O2S/c1-3-9(16)11-10(14)8(7-13)12(18-11)15-5-6-17-4-2/h15H,3-6,14H2,1-2H3. The molecule has 0 radical (unpaired) electrons. The number of rotatable bonds is 7. The third kappa shape index (κ3) is 3.22. The second-order valence-electron chi connectivity index (χ2n) is 3.56. The molecule has 1 aromatic rings. The monoisotopic (exact) mass is 267 g/mol. The third-order valence-electron chi connectivity index (χ3n) is 2.37. The number of hydrogen-bond donors (Lipinski definition) is 2. The van der Waals surface area contributed by atoms with Crippen LogP contribution in [0.1, 0.15) is 35.5 Å². The number of anilines is 2. The minimum absolute atomic E-state index is 0.0353. The summed E-state index contributed by atoms with van der Waals surface area (Å²) in [4.78, 5) is 12.1. The lowest BCUT2D eigenvalue weighted by Crippen LogP contribution is -2.09. The quantitative estimate of drug-likeness (QED) is 0.584. The number of nitrogens with zero attached hydrogens (tertiary/aromatic N) is 1. The molecule has 1 rings (SSSR count). The topological polar surface area (TPSA) is 88.1 Å².